The Balaban J connectivity index is 2.77. The fourth-order valence-electron chi connectivity index (χ4n) is 1.52. The highest BCUT2D eigenvalue weighted by Crippen LogP contribution is 2.20. The van der Waals surface area contributed by atoms with Gasteiger partial charge < -0.3 is 10.6 Å². The third-order valence-corrected chi connectivity index (χ3v) is 2.63. The molecule has 0 aromatic heterocycles. The second-order valence-electron chi connectivity index (χ2n) is 4.14. The summed E-state index contributed by atoms with van der Waals surface area (Å²) in [7, 11) is 1.96. The van der Waals surface area contributed by atoms with Gasteiger partial charge in [0.15, 0.2) is 0 Å². The number of hydrogen-bond acceptors (Lipinski definition) is 2. The molecule has 1 atom stereocenters. The van der Waals surface area contributed by atoms with Crippen LogP contribution in [0.15, 0.2) is 18.2 Å². The fourth-order valence-corrected chi connectivity index (χ4v) is 1.52. The number of halogens is 1. The zero-order chi connectivity index (χ0) is 11.4. The minimum Gasteiger partial charge on any atom is -0.399 e. The zero-order valence-corrected chi connectivity index (χ0v) is 9.63. The lowest BCUT2D eigenvalue weighted by molar-refractivity contribution is 0.558. The highest BCUT2D eigenvalue weighted by atomic mass is 19.1. The molecule has 1 rings (SSSR count). The molecule has 0 bridgehead atoms. The van der Waals surface area contributed by atoms with Crippen LogP contribution in [0.1, 0.15) is 20.3 Å². The standard InChI is InChI=1S/C12H19FN2/c1-4-9(2)8-15(3)12-6-10(13)5-11(14)7-12/h5-7,9H,4,8,14H2,1-3H3. The molecule has 1 unspecified atom stereocenters. The van der Waals surface area contributed by atoms with E-state index in [1.807, 2.05) is 11.9 Å². The molecule has 84 valence electrons. The summed E-state index contributed by atoms with van der Waals surface area (Å²) in [5.74, 6) is 0.320. The summed E-state index contributed by atoms with van der Waals surface area (Å²) >= 11 is 0. The van der Waals surface area contributed by atoms with E-state index in [1.54, 1.807) is 6.07 Å². The minimum absolute atomic E-state index is 0.277. The average molecular weight is 210 g/mol. The van der Waals surface area contributed by atoms with E-state index in [0.717, 1.165) is 18.7 Å². The molecule has 0 saturated heterocycles. The maximum Gasteiger partial charge on any atom is 0.127 e. The molecule has 0 aliphatic heterocycles. The molecule has 2 nitrogen and oxygen atoms in total. The van der Waals surface area contributed by atoms with Gasteiger partial charge in [-0.05, 0) is 24.1 Å². The van der Waals surface area contributed by atoms with Crippen LogP contribution < -0.4 is 10.6 Å². The highest BCUT2D eigenvalue weighted by molar-refractivity contribution is 5.55. The van der Waals surface area contributed by atoms with Crippen LogP contribution in [-0.2, 0) is 0 Å². The fraction of sp³-hybridized carbons (Fsp3) is 0.500. The largest absolute Gasteiger partial charge is 0.399 e. The molecule has 15 heavy (non-hydrogen) atoms. The van der Waals surface area contributed by atoms with Crippen LogP contribution in [0.2, 0.25) is 0 Å². The van der Waals surface area contributed by atoms with Gasteiger partial charge in [-0.15, -0.1) is 0 Å². The van der Waals surface area contributed by atoms with E-state index in [2.05, 4.69) is 13.8 Å². The van der Waals surface area contributed by atoms with Crippen LogP contribution >= 0.6 is 0 Å². The van der Waals surface area contributed by atoms with Gasteiger partial charge >= 0.3 is 0 Å². The third kappa shape index (κ3) is 3.42. The quantitative estimate of drug-likeness (QED) is 0.774. The van der Waals surface area contributed by atoms with Crippen LogP contribution in [-0.4, -0.2) is 13.6 Å². The summed E-state index contributed by atoms with van der Waals surface area (Å²) in [6.45, 7) is 5.25. The van der Waals surface area contributed by atoms with E-state index in [4.69, 9.17) is 5.73 Å². The van der Waals surface area contributed by atoms with Crippen molar-refractivity contribution in [3.63, 3.8) is 0 Å². The predicted molar refractivity (Wildman–Crippen MR) is 63.5 cm³/mol. The highest BCUT2D eigenvalue weighted by Gasteiger charge is 2.07. The molecule has 2 N–H and O–H groups in total. The Morgan fingerprint density at radius 2 is 2.07 bits per heavy atom. The Morgan fingerprint density at radius 3 is 2.60 bits per heavy atom. The van der Waals surface area contributed by atoms with Gasteiger partial charge in [-0.25, -0.2) is 4.39 Å². The molecule has 0 spiro atoms. The lowest BCUT2D eigenvalue weighted by atomic mass is 10.1. The summed E-state index contributed by atoms with van der Waals surface area (Å²) in [5, 5.41) is 0. The Kier molecular flexibility index (Phi) is 3.95. The first-order valence-corrected chi connectivity index (χ1v) is 5.30. The summed E-state index contributed by atoms with van der Waals surface area (Å²) in [6, 6.07) is 4.64. The number of nitrogen functional groups attached to an aromatic ring is 1. The van der Waals surface area contributed by atoms with Crippen LogP contribution in [0, 0.1) is 11.7 Å². The average Bonchev–Trinajstić information content (AvgIpc) is 2.16. The second-order valence-corrected chi connectivity index (χ2v) is 4.14. The molecule has 0 amide bonds. The van der Waals surface area contributed by atoms with Crippen LogP contribution in [0.5, 0.6) is 0 Å². The van der Waals surface area contributed by atoms with Crippen LogP contribution in [0.25, 0.3) is 0 Å². The van der Waals surface area contributed by atoms with Gasteiger partial charge in [0.2, 0.25) is 0 Å². The van der Waals surface area contributed by atoms with Crippen molar-refractivity contribution in [2.24, 2.45) is 5.92 Å². The van der Waals surface area contributed by atoms with E-state index >= 15 is 0 Å². The second kappa shape index (κ2) is 5.01. The maximum atomic E-state index is 13.1. The van der Waals surface area contributed by atoms with E-state index in [9.17, 15) is 4.39 Å². The van der Waals surface area contributed by atoms with E-state index < -0.39 is 0 Å². The summed E-state index contributed by atoms with van der Waals surface area (Å²) < 4.78 is 13.1. The van der Waals surface area contributed by atoms with Crippen LogP contribution in [0.3, 0.4) is 0 Å². The number of anilines is 2. The predicted octanol–water partition coefficient (Wildman–Crippen LogP) is 2.89. The first-order chi connectivity index (χ1) is 7.02. The van der Waals surface area contributed by atoms with E-state index in [-0.39, 0.29) is 5.82 Å². The Bertz CT molecular complexity index is 305. The molecule has 0 heterocycles. The smallest absolute Gasteiger partial charge is 0.127 e. The SMILES string of the molecule is CCC(C)CN(C)c1cc(N)cc(F)c1. The molecular weight excluding hydrogens is 191 g/mol. The van der Waals surface area contributed by atoms with Crippen molar-refractivity contribution in [1.29, 1.82) is 0 Å². The summed E-state index contributed by atoms with van der Waals surface area (Å²) in [4.78, 5) is 2.04. The monoisotopic (exact) mass is 210 g/mol. The van der Waals surface area contributed by atoms with Gasteiger partial charge in [0.25, 0.3) is 0 Å². The maximum absolute atomic E-state index is 13.1. The van der Waals surface area contributed by atoms with Crippen molar-refractivity contribution in [1.82, 2.24) is 0 Å². The van der Waals surface area contributed by atoms with Gasteiger partial charge in [-0.1, -0.05) is 20.3 Å². The van der Waals surface area contributed by atoms with E-state index in [1.165, 1.54) is 12.1 Å². The molecule has 0 radical (unpaired) electrons. The van der Waals surface area contributed by atoms with Gasteiger partial charge in [0.1, 0.15) is 5.82 Å². The van der Waals surface area contributed by atoms with Crippen molar-refractivity contribution < 1.29 is 4.39 Å². The van der Waals surface area contributed by atoms with Gasteiger partial charge in [-0.3, -0.25) is 0 Å². The van der Waals surface area contributed by atoms with E-state index in [0.29, 0.717) is 11.6 Å². The van der Waals surface area contributed by atoms with Gasteiger partial charge in [0, 0.05) is 25.0 Å². The van der Waals surface area contributed by atoms with Crippen molar-refractivity contribution in [3.05, 3.63) is 24.0 Å². The third-order valence-electron chi connectivity index (χ3n) is 2.63. The number of nitrogens with two attached hydrogens (primary N) is 1. The Labute approximate surface area is 90.9 Å². The molecule has 1 aromatic rings. The molecule has 0 saturated carbocycles. The van der Waals surface area contributed by atoms with Crippen LogP contribution in [0.4, 0.5) is 15.8 Å². The normalized spacial score (nSPS) is 12.5. The lowest BCUT2D eigenvalue weighted by Crippen LogP contribution is -2.23. The number of nitrogens with zero attached hydrogens (tertiary/aromatic N) is 1. The number of benzene rings is 1. The minimum atomic E-state index is -0.277. The lowest BCUT2D eigenvalue weighted by Gasteiger charge is -2.23. The molecule has 0 aliphatic rings. The van der Waals surface area contributed by atoms with Crippen molar-refractivity contribution >= 4 is 11.4 Å². The van der Waals surface area contributed by atoms with Gasteiger partial charge in [-0.2, -0.15) is 0 Å². The van der Waals surface area contributed by atoms with Crippen molar-refractivity contribution in [2.45, 2.75) is 20.3 Å². The molecule has 0 aliphatic carbocycles. The molecule has 3 heteroatoms. The number of rotatable bonds is 4. The topological polar surface area (TPSA) is 29.3 Å². The van der Waals surface area contributed by atoms with Gasteiger partial charge in [0.05, 0.1) is 0 Å². The molecule has 0 fully saturated rings. The summed E-state index contributed by atoms with van der Waals surface area (Å²) in [5.41, 5.74) is 6.91. The Hall–Kier alpha value is -1.25. The number of hydrogen-bond donors (Lipinski definition) is 1. The Morgan fingerprint density at radius 1 is 1.40 bits per heavy atom. The van der Waals surface area contributed by atoms with Crippen molar-refractivity contribution in [3.8, 4) is 0 Å². The first kappa shape index (κ1) is 11.8. The molecule has 1 aromatic carbocycles. The van der Waals surface area contributed by atoms with Crippen molar-refractivity contribution in [2.75, 3.05) is 24.2 Å². The first-order valence-electron chi connectivity index (χ1n) is 5.30. The summed E-state index contributed by atoms with van der Waals surface area (Å²) in [6.07, 6.45) is 1.12. The zero-order valence-electron chi connectivity index (χ0n) is 9.63. The molecular formula is C12H19FN2.